The number of fused-ring (bicyclic) bond motifs is 5. The third-order valence-electron chi connectivity index (χ3n) is 8.83. The van der Waals surface area contributed by atoms with Gasteiger partial charge in [0.15, 0.2) is 11.8 Å². The summed E-state index contributed by atoms with van der Waals surface area (Å²) >= 11 is 0. The number of aromatic hydroxyl groups is 2. The van der Waals surface area contributed by atoms with Crippen molar-refractivity contribution in [2.75, 3.05) is 37.6 Å². The summed E-state index contributed by atoms with van der Waals surface area (Å²) in [5, 5.41) is 22.2. The molecule has 0 aromatic carbocycles. The highest BCUT2D eigenvalue weighted by Gasteiger charge is 2.41. The number of carbonyl (C=O) groups excluding carboxylic acids is 1. The first kappa shape index (κ1) is 28.5. The molecule has 8 heteroatoms. The molecule has 218 valence electrons. The van der Waals surface area contributed by atoms with E-state index in [1.54, 1.807) is 4.57 Å². The van der Waals surface area contributed by atoms with Crippen molar-refractivity contribution in [2.24, 2.45) is 0 Å². The maximum atomic E-state index is 12.9. The molecule has 3 atom stereocenters. The van der Waals surface area contributed by atoms with Gasteiger partial charge in [-0.15, -0.1) is 0 Å². The summed E-state index contributed by atoms with van der Waals surface area (Å²) in [4.78, 5) is 22.0. The number of carbonyl (C=O) groups is 1. The third-order valence-corrected chi connectivity index (χ3v) is 8.83. The number of rotatable bonds is 15. The fourth-order valence-corrected chi connectivity index (χ4v) is 6.64. The van der Waals surface area contributed by atoms with E-state index in [1.165, 1.54) is 32.1 Å². The molecular formula is C32H46N4O4. The van der Waals surface area contributed by atoms with Gasteiger partial charge < -0.3 is 19.8 Å². The summed E-state index contributed by atoms with van der Waals surface area (Å²) in [6.45, 7) is 6.39. The molecule has 8 nitrogen and oxygen atoms in total. The van der Waals surface area contributed by atoms with Crippen LogP contribution in [0.5, 0.6) is 11.8 Å². The first-order valence-corrected chi connectivity index (χ1v) is 15.5. The van der Waals surface area contributed by atoms with Crippen molar-refractivity contribution >= 4 is 11.8 Å². The van der Waals surface area contributed by atoms with Gasteiger partial charge in [-0.05, 0) is 25.0 Å². The maximum absolute atomic E-state index is 12.9. The zero-order chi connectivity index (χ0) is 27.9. The molecule has 0 amide bonds. The fourth-order valence-electron chi connectivity index (χ4n) is 6.64. The van der Waals surface area contributed by atoms with Crippen LogP contribution in [0, 0.1) is 0 Å². The van der Waals surface area contributed by atoms with Gasteiger partial charge in [0.05, 0.1) is 6.54 Å². The maximum Gasteiger partial charge on any atom is 0.306 e. The number of anilines is 1. The van der Waals surface area contributed by atoms with Crippen molar-refractivity contribution in [3.63, 3.8) is 0 Å². The molecule has 3 unspecified atom stereocenters. The molecule has 2 aromatic rings. The predicted molar refractivity (Wildman–Crippen MR) is 157 cm³/mol. The summed E-state index contributed by atoms with van der Waals surface area (Å²) in [6, 6.07) is 5.96. The summed E-state index contributed by atoms with van der Waals surface area (Å²) in [6.07, 6.45) is 16.4. The van der Waals surface area contributed by atoms with E-state index in [9.17, 15) is 15.0 Å². The van der Waals surface area contributed by atoms with E-state index < -0.39 is 6.10 Å². The number of hydrogen-bond donors (Lipinski definition) is 2. The van der Waals surface area contributed by atoms with E-state index in [1.807, 2.05) is 24.4 Å². The van der Waals surface area contributed by atoms with Crippen LogP contribution in [-0.2, 0) is 16.1 Å². The molecule has 2 aliphatic carbocycles. The van der Waals surface area contributed by atoms with Gasteiger partial charge in [-0.3, -0.25) is 14.3 Å². The van der Waals surface area contributed by atoms with Gasteiger partial charge in [-0.1, -0.05) is 70.1 Å². The Balaban J connectivity index is 1.18. The number of nitrogens with zero attached hydrogens (tertiary/aromatic N) is 4. The topological polar surface area (TPSA) is 91.1 Å². The molecule has 1 fully saturated rings. The van der Waals surface area contributed by atoms with Gasteiger partial charge in [0.25, 0.3) is 0 Å². The highest BCUT2D eigenvalue weighted by atomic mass is 16.5. The van der Waals surface area contributed by atoms with Crippen molar-refractivity contribution in [3.05, 3.63) is 47.7 Å². The minimum atomic E-state index is -0.460. The van der Waals surface area contributed by atoms with Gasteiger partial charge in [0, 0.05) is 68.3 Å². The number of allylic oxidation sites excluding steroid dienone is 2. The summed E-state index contributed by atoms with van der Waals surface area (Å²) in [5.41, 5.74) is 1.69. The Morgan fingerprint density at radius 3 is 2.20 bits per heavy atom. The predicted octanol–water partition coefficient (Wildman–Crippen LogP) is 5.70. The minimum absolute atomic E-state index is 0.119. The van der Waals surface area contributed by atoms with E-state index in [2.05, 4.69) is 33.9 Å². The Morgan fingerprint density at radius 2 is 1.57 bits per heavy atom. The molecule has 40 heavy (non-hydrogen) atoms. The first-order valence-electron chi connectivity index (χ1n) is 15.5. The molecule has 3 aliphatic rings. The SMILES string of the molecule is CCCCCCCCCCC(=O)OC(CN1CCN(c2ccccn2)CC1)Cn1c(O)c2c(c1O)C1C=CC2C1. The number of pyridine rings is 1. The Morgan fingerprint density at radius 1 is 0.925 bits per heavy atom. The fraction of sp³-hybridized carbons (Fsp3) is 0.625. The van der Waals surface area contributed by atoms with Gasteiger partial charge in [-0.25, -0.2) is 4.98 Å². The van der Waals surface area contributed by atoms with Gasteiger partial charge in [0.2, 0.25) is 0 Å². The Bertz CT molecular complexity index is 1100. The van der Waals surface area contributed by atoms with E-state index in [4.69, 9.17) is 4.74 Å². The number of ether oxygens (including phenoxy) is 1. The standard InChI is InChI=1S/C32H46N4O4/c1-2-3-4-5-6-7-8-9-13-28(37)40-26(22-34-17-19-35(20-18-34)27-12-10-11-16-33-27)23-36-31(38)29-24-14-15-25(21-24)30(29)32(36)39/h10-12,14-16,24-26,38-39H,2-9,13,17-23H2,1H3. The Kier molecular flexibility index (Phi) is 9.68. The second kappa shape index (κ2) is 13.6. The lowest BCUT2D eigenvalue weighted by atomic mass is 10.0. The van der Waals surface area contributed by atoms with Crippen LogP contribution in [0.3, 0.4) is 0 Å². The van der Waals surface area contributed by atoms with Gasteiger partial charge in [0.1, 0.15) is 11.9 Å². The average Bonchev–Trinajstić information content (AvgIpc) is 3.66. The number of aromatic nitrogens is 2. The molecule has 2 N–H and O–H groups in total. The van der Waals surface area contributed by atoms with E-state index in [0.717, 1.165) is 68.8 Å². The zero-order valence-corrected chi connectivity index (χ0v) is 24.0. The first-order chi connectivity index (χ1) is 19.5. The third kappa shape index (κ3) is 6.65. The number of unbranched alkanes of at least 4 members (excludes halogenated alkanes) is 7. The van der Waals surface area contributed by atoms with Crippen molar-refractivity contribution in [3.8, 4) is 11.8 Å². The van der Waals surface area contributed by atoms with Crippen LogP contribution in [0.2, 0.25) is 0 Å². The monoisotopic (exact) mass is 550 g/mol. The van der Waals surface area contributed by atoms with Crippen LogP contribution in [0.25, 0.3) is 0 Å². The molecule has 2 bridgehead atoms. The second-order valence-electron chi connectivity index (χ2n) is 11.7. The normalized spacial score (nSPS) is 20.7. The lowest BCUT2D eigenvalue weighted by molar-refractivity contribution is -0.151. The van der Waals surface area contributed by atoms with E-state index >= 15 is 0 Å². The van der Waals surface area contributed by atoms with Crippen LogP contribution >= 0.6 is 0 Å². The Hall–Kier alpha value is -3.00. The molecule has 5 rings (SSSR count). The van der Waals surface area contributed by atoms with Crippen LogP contribution in [0.15, 0.2) is 36.5 Å². The van der Waals surface area contributed by atoms with E-state index in [0.29, 0.717) is 13.0 Å². The number of piperazine rings is 1. The summed E-state index contributed by atoms with van der Waals surface area (Å²) in [5.74, 6) is 1.35. The van der Waals surface area contributed by atoms with E-state index in [-0.39, 0.29) is 36.1 Å². The van der Waals surface area contributed by atoms with Gasteiger partial charge in [-0.2, -0.15) is 0 Å². The molecule has 0 saturated carbocycles. The van der Waals surface area contributed by atoms with Crippen LogP contribution in [0.4, 0.5) is 5.82 Å². The Labute approximate surface area is 238 Å². The van der Waals surface area contributed by atoms with Crippen LogP contribution in [0.1, 0.15) is 94.1 Å². The molecule has 0 spiro atoms. The quantitative estimate of drug-likeness (QED) is 0.167. The van der Waals surface area contributed by atoms with Crippen molar-refractivity contribution < 1.29 is 19.7 Å². The molecule has 3 heterocycles. The van der Waals surface area contributed by atoms with Crippen molar-refractivity contribution in [1.29, 1.82) is 0 Å². The van der Waals surface area contributed by atoms with Crippen LogP contribution < -0.4 is 4.90 Å². The van der Waals surface area contributed by atoms with Crippen molar-refractivity contribution in [2.45, 2.75) is 95.6 Å². The van der Waals surface area contributed by atoms with Gasteiger partial charge >= 0.3 is 5.97 Å². The highest BCUT2D eigenvalue weighted by Crippen LogP contribution is 2.56. The van der Waals surface area contributed by atoms with Crippen molar-refractivity contribution in [1.82, 2.24) is 14.5 Å². The smallest absolute Gasteiger partial charge is 0.306 e. The second-order valence-corrected chi connectivity index (χ2v) is 11.7. The summed E-state index contributed by atoms with van der Waals surface area (Å²) in [7, 11) is 0. The molecule has 1 aliphatic heterocycles. The lowest BCUT2D eigenvalue weighted by Crippen LogP contribution is -2.49. The lowest BCUT2D eigenvalue weighted by Gasteiger charge is -2.37. The average molecular weight is 551 g/mol. The molecular weight excluding hydrogens is 504 g/mol. The molecule has 2 aromatic heterocycles. The zero-order valence-electron chi connectivity index (χ0n) is 24.0. The molecule has 0 radical (unpaired) electrons. The number of hydrogen-bond acceptors (Lipinski definition) is 7. The largest absolute Gasteiger partial charge is 0.494 e. The molecule has 1 saturated heterocycles. The highest BCUT2D eigenvalue weighted by molar-refractivity contribution is 5.69. The minimum Gasteiger partial charge on any atom is -0.494 e. The summed E-state index contributed by atoms with van der Waals surface area (Å²) < 4.78 is 7.61. The number of esters is 1. The van der Waals surface area contributed by atoms with Crippen LogP contribution in [-0.4, -0.2) is 69.5 Å².